The standard InChI is InChI=1S/C27H22F2N4O3/c1-36-18-6-7-24(30-12-18)16-4-2-15(3-5-16)19-8-17(22(28)10-23(19)29)11-32-26-14-31-25(13-33-26)20-9-21(20)27(34)35/h2-8,10,12-14,20-21H,9,11H2,1H3,(H,32,33)(H,34,35)/t20-,21?/m0/s1. The lowest BCUT2D eigenvalue weighted by molar-refractivity contribution is -0.138. The van der Waals surface area contributed by atoms with Gasteiger partial charge in [0.25, 0.3) is 0 Å². The van der Waals surface area contributed by atoms with E-state index in [4.69, 9.17) is 9.84 Å². The van der Waals surface area contributed by atoms with Gasteiger partial charge in [0.15, 0.2) is 0 Å². The fourth-order valence-electron chi connectivity index (χ4n) is 4.04. The molecule has 9 heteroatoms. The summed E-state index contributed by atoms with van der Waals surface area (Å²) in [6.07, 6.45) is 5.19. The summed E-state index contributed by atoms with van der Waals surface area (Å²) in [4.78, 5) is 23.9. The lowest BCUT2D eigenvalue weighted by atomic mass is 9.99. The first-order valence-corrected chi connectivity index (χ1v) is 11.3. The first-order valence-electron chi connectivity index (χ1n) is 11.3. The van der Waals surface area contributed by atoms with Crippen LogP contribution < -0.4 is 10.1 Å². The molecular formula is C27H22F2N4O3. The van der Waals surface area contributed by atoms with Crippen molar-refractivity contribution < 1.29 is 23.4 Å². The van der Waals surface area contributed by atoms with Crippen molar-refractivity contribution in [2.75, 3.05) is 12.4 Å². The van der Waals surface area contributed by atoms with E-state index in [9.17, 15) is 13.6 Å². The van der Waals surface area contributed by atoms with Gasteiger partial charge >= 0.3 is 5.97 Å². The Labute approximate surface area is 205 Å². The molecule has 5 rings (SSSR count). The summed E-state index contributed by atoms with van der Waals surface area (Å²) < 4.78 is 34.3. The maximum Gasteiger partial charge on any atom is 0.307 e. The zero-order valence-corrected chi connectivity index (χ0v) is 19.3. The third-order valence-electron chi connectivity index (χ3n) is 6.22. The van der Waals surface area contributed by atoms with Crippen LogP contribution in [0.1, 0.15) is 23.6 Å². The molecule has 1 unspecified atom stereocenters. The van der Waals surface area contributed by atoms with Crippen LogP contribution in [0.4, 0.5) is 14.6 Å². The molecule has 36 heavy (non-hydrogen) atoms. The van der Waals surface area contributed by atoms with Gasteiger partial charge in [-0.3, -0.25) is 14.8 Å². The highest BCUT2D eigenvalue weighted by Crippen LogP contribution is 2.46. The van der Waals surface area contributed by atoms with E-state index >= 15 is 0 Å². The number of halogens is 2. The van der Waals surface area contributed by atoms with Crippen LogP contribution in [0.25, 0.3) is 22.4 Å². The Kier molecular flexibility index (Phi) is 6.28. The second-order valence-electron chi connectivity index (χ2n) is 8.55. The number of carboxylic acid groups (broad SMARTS) is 1. The van der Waals surface area contributed by atoms with Crippen molar-refractivity contribution in [1.82, 2.24) is 15.0 Å². The summed E-state index contributed by atoms with van der Waals surface area (Å²) in [5.74, 6) is -1.63. The van der Waals surface area contributed by atoms with Crippen molar-refractivity contribution in [3.05, 3.63) is 90.0 Å². The van der Waals surface area contributed by atoms with Gasteiger partial charge in [-0.2, -0.15) is 0 Å². The van der Waals surface area contributed by atoms with Crippen molar-refractivity contribution in [2.24, 2.45) is 5.92 Å². The largest absolute Gasteiger partial charge is 0.495 e. The van der Waals surface area contributed by atoms with Crippen molar-refractivity contribution in [2.45, 2.75) is 18.9 Å². The molecule has 2 N–H and O–H groups in total. The number of methoxy groups -OCH3 is 1. The van der Waals surface area contributed by atoms with E-state index in [2.05, 4.69) is 20.3 Å². The molecule has 4 aromatic rings. The summed E-state index contributed by atoms with van der Waals surface area (Å²) in [6, 6.07) is 13.2. The monoisotopic (exact) mass is 488 g/mol. The van der Waals surface area contributed by atoms with Crippen molar-refractivity contribution in [3.8, 4) is 28.1 Å². The minimum Gasteiger partial charge on any atom is -0.495 e. The molecule has 182 valence electrons. The predicted molar refractivity (Wildman–Crippen MR) is 129 cm³/mol. The highest BCUT2D eigenvalue weighted by molar-refractivity contribution is 5.75. The van der Waals surface area contributed by atoms with E-state index in [1.54, 1.807) is 25.4 Å². The number of hydrogen-bond donors (Lipinski definition) is 2. The smallest absolute Gasteiger partial charge is 0.307 e. The van der Waals surface area contributed by atoms with Crippen molar-refractivity contribution in [3.63, 3.8) is 0 Å². The van der Waals surface area contributed by atoms with Gasteiger partial charge in [-0.25, -0.2) is 13.8 Å². The number of anilines is 1. The number of pyridine rings is 1. The Morgan fingerprint density at radius 2 is 1.78 bits per heavy atom. The van der Waals surface area contributed by atoms with Gasteiger partial charge < -0.3 is 15.2 Å². The number of benzene rings is 2. The Balaban J connectivity index is 1.29. The lowest BCUT2D eigenvalue weighted by Crippen LogP contribution is -2.06. The number of aliphatic carboxylic acids is 1. The molecule has 0 amide bonds. The van der Waals surface area contributed by atoms with Gasteiger partial charge in [0.2, 0.25) is 0 Å². The molecule has 0 spiro atoms. The van der Waals surface area contributed by atoms with Gasteiger partial charge in [-0.05, 0) is 30.2 Å². The SMILES string of the molecule is COc1ccc(-c2ccc(-c3cc(CNc4cnc([C@H]5CC5C(=O)O)cn4)c(F)cc3F)cc2)nc1. The molecule has 1 aliphatic rings. The maximum atomic E-state index is 14.6. The van der Waals surface area contributed by atoms with Gasteiger partial charge in [0, 0.05) is 35.2 Å². The van der Waals surface area contributed by atoms with Gasteiger partial charge in [-0.1, -0.05) is 24.3 Å². The quantitative estimate of drug-likeness (QED) is 0.348. The molecule has 2 aromatic heterocycles. The van der Waals surface area contributed by atoms with E-state index in [1.165, 1.54) is 18.5 Å². The van der Waals surface area contributed by atoms with Crippen molar-refractivity contribution in [1.29, 1.82) is 0 Å². The second kappa shape index (κ2) is 9.69. The van der Waals surface area contributed by atoms with Crippen LogP contribution in [0.5, 0.6) is 5.75 Å². The first-order chi connectivity index (χ1) is 17.4. The predicted octanol–water partition coefficient (Wildman–Crippen LogP) is 5.29. The number of nitrogens with one attached hydrogen (secondary N) is 1. The molecule has 0 bridgehead atoms. The molecular weight excluding hydrogens is 466 g/mol. The van der Waals surface area contributed by atoms with Gasteiger partial charge in [0.05, 0.1) is 43.0 Å². The van der Waals surface area contributed by atoms with Crippen LogP contribution in [-0.2, 0) is 11.3 Å². The van der Waals surface area contributed by atoms with E-state index in [0.29, 0.717) is 29.2 Å². The Morgan fingerprint density at radius 1 is 1.00 bits per heavy atom. The summed E-state index contributed by atoms with van der Waals surface area (Å²) in [7, 11) is 1.57. The third-order valence-corrected chi connectivity index (χ3v) is 6.22. The minimum absolute atomic E-state index is 0.0716. The number of rotatable bonds is 8. The average Bonchev–Trinajstić information content (AvgIpc) is 3.70. The lowest BCUT2D eigenvalue weighted by Gasteiger charge is -2.11. The fraction of sp³-hybridized carbons (Fsp3) is 0.185. The van der Waals surface area contributed by atoms with Crippen LogP contribution in [0.2, 0.25) is 0 Å². The number of aromatic nitrogens is 3. The minimum atomic E-state index is -0.835. The average molecular weight is 488 g/mol. The molecule has 1 aliphatic carbocycles. The summed E-state index contributed by atoms with van der Waals surface area (Å²) >= 11 is 0. The van der Waals surface area contributed by atoms with E-state index in [-0.39, 0.29) is 23.6 Å². The molecule has 1 fully saturated rings. The fourth-order valence-corrected chi connectivity index (χ4v) is 4.04. The van der Waals surface area contributed by atoms with Crippen LogP contribution in [0.15, 0.2) is 67.1 Å². The van der Waals surface area contributed by atoms with Crippen LogP contribution in [0, 0.1) is 17.6 Å². The molecule has 7 nitrogen and oxygen atoms in total. The highest BCUT2D eigenvalue weighted by atomic mass is 19.1. The third kappa shape index (κ3) is 4.86. The number of nitrogens with zero attached hydrogens (tertiary/aromatic N) is 3. The number of ether oxygens (including phenoxy) is 1. The van der Waals surface area contributed by atoms with Gasteiger partial charge in [-0.15, -0.1) is 0 Å². The highest BCUT2D eigenvalue weighted by Gasteiger charge is 2.45. The zero-order valence-electron chi connectivity index (χ0n) is 19.3. The number of carboxylic acids is 1. The summed E-state index contributed by atoms with van der Waals surface area (Å²) in [6.45, 7) is 0.0716. The molecule has 0 radical (unpaired) electrons. The van der Waals surface area contributed by atoms with Crippen LogP contribution in [-0.4, -0.2) is 33.1 Å². The molecule has 2 aromatic carbocycles. The normalized spacial score (nSPS) is 16.4. The van der Waals surface area contributed by atoms with Gasteiger partial charge in [0.1, 0.15) is 23.2 Å². The number of carbonyl (C=O) groups is 1. The number of hydrogen-bond acceptors (Lipinski definition) is 6. The molecule has 0 saturated heterocycles. The van der Waals surface area contributed by atoms with E-state index in [1.807, 2.05) is 24.3 Å². The van der Waals surface area contributed by atoms with Crippen LogP contribution >= 0.6 is 0 Å². The van der Waals surface area contributed by atoms with Crippen LogP contribution in [0.3, 0.4) is 0 Å². The maximum absolute atomic E-state index is 14.6. The van der Waals surface area contributed by atoms with Crippen molar-refractivity contribution >= 4 is 11.8 Å². The van der Waals surface area contributed by atoms with E-state index in [0.717, 1.165) is 17.3 Å². The Hall–Kier alpha value is -4.40. The molecule has 0 aliphatic heterocycles. The first kappa shape index (κ1) is 23.3. The summed E-state index contributed by atoms with van der Waals surface area (Å²) in [5, 5.41) is 12.0. The second-order valence-corrected chi connectivity index (χ2v) is 8.55. The summed E-state index contributed by atoms with van der Waals surface area (Å²) in [5.41, 5.74) is 3.38. The zero-order chi connectivity index (χ0) is 25.2. The molecule has 2 heterocycles. The topological polar surface area (TPSA) is 97.2 Å². The molecule has 2 atom stereocenters. The molecule has 1 saturated carbocycles. The van der Waals surface area contributed by atoms with E-state index < -0.39 is 23.5 Å². The Morgan fingerprint density at radius 3 is 2.39 bits per heavy atom. The Bertz CT molecular complexity index is 1390.